The number of halogens is 3. The predicted octanol–water partition coefficient (Wildman–Crippen LogP) is 4.81. The Hall–Kier alpha value is -2.00. The zero-order valence-corrected chi connectivity index (χ0v) is 16.2. The van der Waals surface area contributed by atoms with Crippen molar-refractivity contribution in [1.29, 1.82) is 0 Å². The van der Waals surface area contributed by atoms with Crippen LogP contribution in [0.1, 0.15) is 31.2 Å². The molecule has 1 aliphatic rings. The maximum Gasteiger partial charge on any atom is 0.348 e. The quantitative estimate of drug-likeness (QED) is 0.213. The number of hydrogen-bond acceptors (Lipinski definition) is 6. The van der Waals surface area contributed by atoms with Gasteiger partial charge in [-0.15, -0.1) is 0 Å². The van der Waals surface area contributed by atoms with Crippen molar-refractivity contribution in [2.24, 2.45) is 0 Å². The standard InChI is InChI=1S/C17H17ClF2N4O2S/c1-3-6-27-17-21-15(18)14(24(25)26)16(22-17)23(2)13-8-10(13)9-4-5-11(19)12(20)7-9/h4-5,7,10,13H,3,6,8H2,1-2H3/t10-,13+/m0/s1. The molecule has 1 aromatic carbocycles. The molecular weight excluding hydrogens is 398 g/mol. The number of nitrogens with zero attached hydrogens (tertiary/aromatic N) is 4. The summed E-state index contributed by atoms with van der Waals surface area (Å²) in [6, 6.07) is 3.66. The van der Waals surface area contributed by atoms with E-state index in [4.69, 9.17) is 11.6 Å². The molecule has 0 radical (unpaired) electrons. The number of anilines is 1. The third-order valence-electron chi connectivity index (χ3n) is 4.38. The van der Waals surface area contributed by atoms with Crippen LogP contribution in [-0.4, -0.2) is 33.7 Å². The van der Waals surface area contributed by atoms with Gasteiger partial charge in [-0.3, -0.25) is 10.1 Å². The Morgan fingerprint density at radius 2 is 2.11 bits per heavy atom. The summed E-state index contributed by atoms with van der Waals surface area (Å²) in [7, 11) is 1.68. The molecule has 10 heteroatoms. The van der Waals surface area contributed by atoms with E-state index < -0.39 is 16.6 Å². The van der Waals surface area contributed by atoms with Gasteiger partial charge in [-0.2, -0.15) is 4.98 Å². The second-order valence-electron chi connectivity index (χ2n) is 6.27. The Balaban J connectivity index is 1.89. The molecule has 1 heterocycles. The average molecular weight is 415 g/mol. The maximum absolute atomic E-state index is 13.5. The van der Waals surface area contributed by atoms with E-state index in [0.29, 0.717) is 17.1 Å². The van der Waals surface area contributed by atoms with Crippen molar-refractivity contribution in [2.45, 2.75) is 36.9 Å². The minimum Gasteiger partial charge on any atom is -0.350 e. The van der Waals surface area contributed by atoms with E-state index in [0.717, 1.165) is 24.3 Å². The van der Waals surface area contributed by atoms with Crippen molar-refractivity contribution < 1.29 is 13.7 Å². The molecule has 0 aliphatic heterocycles. The van der Waals surface area contributed by atoms with Crippen LogP contribution in [0.25, 0.3) is 0 Å². The van der Waals surface area contributed by atoms with Gasteiger partial charge in [-0.05, 0) is 30.5 Å². The van der Waals surface area contributed by atoms with Gasteiger partial charge in [0.15, 0.2) is 16.8 Å². The molecule has 0 unspecified atom stereocenters. The summed E-state index contributed by atoms with van der Waals surface area (Å²) >= 11 is 7.42. The fourth-order valence-electron chi connectivity index (χ4n) is 2.93. The summed E-state index contributed by atoms with van der Waals surface area (Å²) in [5.41, 5.74) is 0.296. The van der Waals surface area contributed by atoms with E-state index in [-0.39, 0.29) is 28.6 Å². The molecule has 0 N–H and O–H groups in total. The van der Waals surface area contributed by atoms with Gasteiger partial charge in [0.2, 0.25) is 11.0 Å². The van der Waals surface area contributed by atoms with Gasteiger partial charge in [-0.1, -0.05) is 36.4 Å². The lowest BCUT2D eigenvalue weighted by Crippen LogP contribution is -2.24. The number of nitro groups is 1. The number of hydrogen-bond donors (Lipinski definition) is 0. The SMILES string of the molecule is CCCSc1nc(Cl)c([N+](=O)[O-])c(N(C)[C@@H]2C[C@H]2c2ccc(F)c(F)c2)n1. The molecule has 1 aromatic heterocycles. The number of benzene rings is 1. The number of aromatic nitrogens is 2. The molecule has 1 saturated carbocycles. The zero-order chi connectivity index (χ0) is 19.7. The van der Waals surface area contributed by atoms with Gasteiger partial charge >= 0.3 is 5.69 Å². The normalized spacial score (nSPS) is 18.4. The summed E-state index contributed by atoms with van der Waals surface area (Å²) in [6.07, 6.45) is 1.55. The van der Waals surface area contributed by atoms with Gasteiger partial charge < -0.3 is 4.90 Å². The highest BCUT2D eigenvalue weighted by molar-refractivity contribution is 7.99. The van der Waals surface area contributed by atoms with Crippen molar-refractivity contribution in [1.82, 2.24) is 9.97 Å². The molecule has 1 fully saturated rings. The average Bonchev–Trinajstić information content (AvgIpc) is 3.41. The number of thioether (sulfide) groups is 1. The Kier molecular flexibility index (Phi) is 5.81. The van der Waals surface area contributed by atoms with E-state index in [2.05, 4.69) is 9.97 Å². The van der Waals surface area contributed by atoms with Crippen LogP contribution in [-0.2, 0) is 0 Å². The van der Waals surface area contributed by atoms with Gasteiger partial charge in [-0.25, -0.2) is 13.8 Å². The van der Waals surface area contributed by atoms with Crippen LogP contribution in [0.4, 0.5) is 20.3 Å². The first-order valence-corrected chi connectivity index (χ1v) is 9.72. The largest absolute Gasteiger partial charge is 0.350 e. The lowest BCUT2D eigenvalue weighted by Gasteiger charge is -2.19. The van der Waals surface area contributed by atoms with Crippen molar-refractivity contribution in [3.63, 3.8) is 0 Å². The highest BCUT2D eigenvalue weighted by Crippen LogP contribution is 2.47. The predicted molar refractivity (Wildman–Crippen MR) is 101 cm³/mol. The first-order valence-electron chi connectivity index (χ1n) is 8.36. The Labute approximate surface area is 164 Å². The summed E-state index contributed by atoms with van der Waals surface area (Å²) in [4.78, 5) is 20.9. The van der Waals surface area contributed by atoms with E-state index >= 15 is 0 Å². The Bertz CT molecular complexity index is 886. The molecule has 27 heavy (non-hydrogen) atoms. The first kappa shape index (κ1) is 19.8. The minimum atomic E-state index is -0.907. The van der Waals surface area contributed by atoms with Gasteiger partial charge in [0.25, 0.3) is 0 Å². The van der Waals surface area contributed by atoms with Crippen LogP contribution in [0.5, 0.6) is 0 Å². The van der Waals surface area contributed by atoms with Gasteiger partial charge in [0, 0.05) is 24.8 Å². The summed E-state index contributed by atoms with van der Waals surface area (Å²) in [5.74, 6) is -0.979. The second kappa shape index (κ2) is 7.93. The van der Waals surface area contributed by atoms with Gasteiger partial charge in [0.1, 0.15) is 0 Å². The molecule has 3 rings (SSSR count). The smallest absolute Gasteiger partial charge is 0.348 e. The molecule has 0 spiro atoms. The van der Waals surface area contributed by atoms with E-state index in [1.807, 2.05) is 6.92 Å². The zero-order valence-electron chi connectivity index (χ0n) is 14.7. The lowest BCUT2D eigenvalue weighted by atomic mass is 10.1. The monoisotopic (exact) mass is 414 g/mol. The Morgan fingerprint density at radius 3 is 2.74 bits per heavy atom. The maximum atomic E-state index is 13.5. The fourth-order valence-corrected chi connectivity index (χ4v) is 3.90. The highest BCUT2D eigenvalue weighted by atomic mass is 35.5. The summed E-state index contributed by atoms with van der Waals surface area (Å²) in [5, 5.41) is 11.6. The second-order valence-corrected chi connectivity index (χ2v) is 7.69. The Morgan fingerprint density at radius 1 is 1.37 bits per heavy atom. The summed E-state index contributed by atoms with van der Waals surface area (Å²) in [6.45, 7) is 2.00. The number of rotatable bonds is 7. The van der Waals surface area contributed by atoms with E-state index in [1.165, 1.54) is 17.8 Å². The van der Waals surface area contributed by atoms with Crippen molar-refractivity contribution in [2.75, 3.05) is 17.7 Å². The van der Waals surface area contributed by atoms with Crippen LogP contribution in [0, 0.1) is 21.7 Å². The van der Waals surface area contributed by atoms with E-state index in [1.54, 1.807) is 11.9 Å². The third-order valence-corrected chi connectivity index (χ3v) is 5.70. The van der Waals surface area contributed by atoms with Crippen LogP contribution in [0.3, 0.4) is 0 Å². The molecule has 2 aromatic rings. The molecular formula is C17H17ClF2N4O2S. The molecule has 2 atom stereocenters. The molecule has 0 saturated heterocycles. The third kappa shape index (κ3) is 4.14. The van der Waals surface area contributed by atoms with Crippen LogP contribution < -0.4 is 4.90 Å². The molecule has 0 bridgehead atoms. The van der Waals surface area contributed by atoms with Crippen molar-refractivity contribution in [3.05, 3.63) is 50.7 Å². The van der Waals surface area contributed by atoms with Crippen molar-refractivity contribution in [3.8, 4) is 0 Å². The van der Waals surface area contributed by atoms with Gasteiger partial charge in [0.05, 0.1) is 4.92 Å². The lowest BCUT2D eigenvalue weighted by molar-refractivity contribution is -0.384. The van der Waals surface area contributed by atoms with Crippen LogP contribution >= 0.6 is 23.4 Å². The summed E-state index contributed by atoms with van der Waals surface area (Å²) < 4.78 is 26.6. The topological polar surface area (TPSA) is 72.2 Å². The molecule has 0 amide bonds. The first-order chi connectivity index (χ1) is 12.8. The van der Waals surface area contributed by atoms with Crippen LogP contribution in [0.15, 0.2) is 23.4 Å². The molecule has 6 nitrogen and oxygen atoms in total. The molecule has 1 aliphatic carbocycles. The fraction of sp³-hybridized carbons (Fsp3) is 0.412. The van der Waals surface area contributed by atoms with Crippen molar-refractivity contribution >= 4 is 34.9 Å². The highest BCUT2D eigenvalue weighted by Gasteiger charge is 2.44. The van der Waals surface area contributed by atoms with E-state index in [9.17, 15) is 18.9 Å². The van der Waals surface area contributed by atoms with Crippen LogP contribution in [0.2, 0.25) is 5.15 Å². The number of likely N-dealkylation sites (N-methyl/N-ethyl adjacent to an activating group) is 1. The molecule has 144 valence electrons. The minimum absolute atomic E-state index is 0.0646.